The van der Waals surface area contributed by atoms with Gasteiger partial charge < -0.3 is 16.9 Å². The zero-order valence-electron chi connectivity index (χ0n) is 14.7. The number of likely N-dealkylation sites (N-methyl/N-ethyl adjacent to an activating group) is 1. The standard InChI is InChI=1S/C20H21N3O.ClH/c1-23(2,3)14-20(24)22-21-13-19-17-10-6-4-8-15(17)12-16-9-5-7-11-18(16)19;/h4-13H,14H2,1-3H3;1H. The average molecular weight is 356 g/mol. The summed E-state index contributed by atoms with van der Waals surface area (Å²) in [7, 11) is 5.92. The summed E-state index contributed by atoms with van der Waals surface area (Å²) in [6.07, 6.45) is 1.75. The lowest BCUT2D eigenvalue weighted by Crippen LogP contribution is -3.00. The first-order valence-electron chi connectivity index (χ1n) is 7.97. The molecule has 1 N–H and O–H groups in total. The number of amides is 1. The van der Waals surface area contributed by atoms with E-state index in [0.29, 0.717) is 11.0 Å². The number of nitrogens with one attached hydrogen (secondary N) is 1. The summed E-state index contributed by atoms with van der Waals surface area (Å²) in [5.41, 5.74) is 3.65. The number of carbonyl (C=O) groups excluding carboxylic acids is 1. The van der Waals surface area contributed by atoms with E-state index in [-0.39, 0.29) is 18.3 Å². The predicted octanol–water partition coefficient (Wildman–Crippen LogP) is 0.153. The van der Waals surface area contributed by atoms with Crippen molar-refractivity contribution in [3.05, 3.63) is 60.2 Å². The van der Waals surface area contributed by atoms with Gasteiger partial charge in [0.25, 0.3) is 5.91 Å². The summed E-state index contributed by atoms with van der Waals surface area (Å²) < 4.78 is 0.568. The molecule has 0 heterocycles. The molecule has 0 bridgehead atoms. The second kappa shape index (κ2) is 7.64. The van der Waals surface area contributed by atoms with E-state index in [1.54, 1.807) is 6.21 Å². The van der Waals surface area contributed by atoms with Gasteiger partial charge in [0.1, 0.15) is 0 Å². The number of benzene rings is 3. The van der Waals surface area contributed by atoms with Crippen molar-refractivity contribution < 1.29 is 21.7 Å². The summed E-state index contributed by atoms with van der Waals surface area (Å²) in [6, 6.07) is 18.6. The molecule has 5 heteroatoms. The number of rotatable bonds is 4. The fourth-order valence-corrected chi connectivity index (χ4v) is 2.82. The van der Waals surface area contributed by atoms with Gasteiger partial charge in [-0.25, -0.2) is 5.43 Å². The lowest BCUT2D eigenvalue weighted by Gasteiger charge is -2.22. The Morgan fingerprint density at radius 3 is 2.04 bits per heavy atom. The highest BCUT2D eigenvalue weighted by atomic mass is 35.5. The van der Waals surface area contributed by atoms with Crippen LogP contribution in [-0.2, 0) is 4.79 Å². The van der Waals surface area contributed by atoms with E-state index in [2.05, 4.69) is 40.9 Å². The quantitative estimate of drug-likeness (QED) is 0.308. The SMILES string of the molecule is C[N+](C)(C)CC(=O)NN=Cc1c2ccccc2cc2ccccc12.[Cl-]. The van der Waals surface area contributed by atoms with Gasteiger partial charge in [-0.15, -0.1) is 0 Å². The predicted molar refractivity (Wildman–Crippen MR) is 100 cm³/mol. The zero-order chi connectivity index (χ0) is 17.2. The Labute approximate surface area is 154 Å². The zero-order valence-corrected chi connectivity index (χ0v) is 15.4. The van der Waals surface area contributed by atoms with Crippen LogP contribution in [0.3, 0.4) is 0 Å². The van der Waals surface area contributed by atoms with Crippen molar-refractivity contribution in [2.75, 3.05) is 27.7 Å². The molecule has 0 saturated heterocycles. The smallest absolute Gasteiger partial charge is 0.295 e. The van der Waals surface area contributed by atoms with Crippen molar-refractivity contribution in [3.8, 4) is 0 Å². The van der Waals surface area contributed by atoms with Gasteiger partial charge >= 0.3 is 0 Å². The number of carbonyl (C=O) groups is 1. The molecule has 0 aliphatic heterocycles. The third-order valence-electron chi connectivity index (χ3n) is 3.81. The summed E-state index contributed by atoms with van der Waals surface area (Å²) in [5.74, 6) is -0.0942. The average Bonchev–Trinajstić information content (AvgIpc) is 2.52. The van der Waals surface area contributed by atoms with E-state index in [0.717, 1.165) is 27.1 Å². The number of fused-ring (bicyclic) bond motifs is 2. The van der Waals surface area contributed by atoms with Crippen molar-refractivity contribution in [3.63, 3.8) is 0 Å². The van der Waals surface area contributed by atoms with Crippen LogP contribution in [-0.4, -0.2) is 44.3 Å². The number of nitrogens with zero attached hydrogens (tertiary/aromatic N) is 2. The molecular formula is C20H22ClN3O. The fraction of sp³-hybridized carbons (Fsp3) is 0.200. The Bertz CT molecular complexity index is 875. The molecule has 0 spiro atoms. The van der Waals surface area contributed by atoms with Crippen LogP contribution in [0, 0.1) is 0 Å². The minimum atomic E-state index is -0.0942. The van der Waals surface area contributed by atoms with Gasteiger partial charge in [0.2, 0.25) is 0 Å². The summed E-state index contributed by atoms with van der Waals surface area (Å²) in [5, 5.41) is 8.77. The Morgan fingerprint density at radius 2 is 1.52 bits per heavy atom. The Morgan fingerprint density at radius 1 is 1.00 bits per heavy atom. The van der Waals surface area contributed by atoms with Gasteiger partial charge in [-0.2, -0.15) is 5.10 Å². The van der Waals surface area contributed by atoms with E-state index in [9.17, 15) is 4.79 Å². The summed E-state index contributed by atoms with van der Waals surface area (Å²) in [6.45, 7) is 0.383. The molecule has 3 aromatic carbocycles. The van der Waals surface area contributed by atoms with E-state index in [1.807, 2.05) is 45.4 Å². The van der Waals surface area contributed by atoms with Crippen LogP contribution in [0.1, 0.15) is 5.56 Å². The van der Waals surface area contributed by atoms with Crippen LogP contribution < -0.4 is 17.8 Å². The molecule has 0 aliphatic carbocycles. The van der Waals surface area contributed by atoms with Gasteiger partial charge in [-0.3, -0.25) is 4.79 Å². The second-order valence-electron chi connectivity index (χ2n) is 6.97. The monoisotopic (exact) mass is 355 g/mol. The van der Waals surface area contributed by atoms with Gasteiger partial charge in [0, 0.05) is 5.56 Å². The minimum Gasteiger partial charge on any atom is -1.00 e. The van der Waals surface area contributed by atoms with Crippen molar-refractivity contribution in [1.82, 2.24) is 5.43 Å². The van der Waals surface area contributed by atoms with Gasteiger partial charge in [0.05, 0.1) is 27.4 Å². The lowest BCUT2D eigenvalue weighted by atomic mass is 9.97. The molecule has 25 heavy (non-hydrogen) atoms. The van der Waals surface area contributed by atoms with Crippen LogP contribution in [0.4, 0.5) is 0 Å². The highest BCUT2D eigenvalue weighted by molar-refractivity contribution is 6.13. The number of hydrogen-bond donors (Lipinski definition) is 1. The molecule has 130 valence electrons. The minimum absolute atomic E-state index is 0. The summed E-state index contributed by atoms with van der Waals surface area (Å²) >= 11 is 0. The van der Waals surface area contributed by atoms with Crippen molar-refractivity contribution in [1.29, 1.82) is 0 Å². The summed E-state index contributed by atoms with van der Waals surface area (Å²) in [4.78, 5) is 11.9. The first-order chi connectivity index (χ1) is 11.4. The maximum absolute atomic E-state index is 11.9. The molecule has 0 saturated carbocycles. The van der Waals surface area contributed by atoms with Gasteiger partial charge in [0.15, 0.2) is 6.54 Å². The normalized spacial score (nSPS) is 11.6. The molecular weight excluding hydrogens is 334 g/mol. The van der Waals surface area contributed by atoms with Gasteiger partial charge in [-0.05, 0) is 27.6 Å². The van der Waals surface area contributed by atoms with E-state index in [1.165, 1.54) is 0 Å². The maximum Gasteiger partial charge on any atom is 0.295 e. The second-order valence-corrected chi connectivity index (χ2v) is 6.97. The van der Waals surface area contributed by atoms with Crippen molar-refractivity contribution in [2.24, 2.45) is 5.10 Å². The topological polar surface area (TPSA) is 41.5 Å². The van der Waals surface area contributed by atoms with E-state index in [4.69, 9.17) is 0 Å². The highest BCUT2D eigenvalue weighted by Crippen LogP contribution is 2.27. The Kier molecular flexibility index (Phi) is 5.77. The Hall–Kier alpha value is -2.43. The molecule has 0 fully saturated rings. The molecule has 3 rings (SSSR count). The third-order valence-corrected chi connectivity index (χ3v) is 3.81. The molecule has 0 unspecified atom stereocenters. The molecule has 0 aromatic heterocycles. The van der Waals surface area contributed by atoms with Crippen LogP contribution in [0.25, 0.3) is 21.5 Å². The number of quaternary nitrogens is 1. The van der Waals surface area contributed by atoms with Crippen molar-refractivity contribution >= 4 is 33.7 Å². The Balaban J connectivity index is 0.00000225. The molecule has 0 atom stereocenters. The highest BCUT2D eigenvalue weighted by Gasteiger charge is 2.13. The number of halogens is 1. The molecule has 4 nitrogen and oxygen atoms in total. The maximum atomic E-state index is 11.9. The molecule has 0 aliphatic rings. The third kappa shape index (κ3) is 4.56. The van der Waals surface area contributed by atoms with Crippen LogP contribution in [0.2, 0.25) is 0 Å². The van der Waals surface area contributed by atoms with E-state index >= 15 is 0 Å². The van der Waals surface area contributed by atoms with Crippen molar-refractivity contribution in [2.45, 2.75) is 0 Å². The molecule has 0 radical (unpaired) electrons. The van der Waals surface area contributed by atoms with Crippen LogP contribution >= 0.6 is 0 Å². The molecule has 1 amide bonds. The first-order valence-corrected chi connectivity index (χ1v) is 7.97. The van der Waals surface area contributed by atoms with Crippen LogP contribution in [0.15, 0.2) is 59.7 Å². The van der Waals surface area contributed by atoms with Gasteiger partial charge in [-0.1, -0.05) is 48.5 Å². The fourth-order valence-electron chi connectivity index (χ4n) is 2.82. The van der Waals surface area contributed by atoms with Crippen LogP contribution in [0.5, 0.6) is 0 Å². The van der Waals surface area contributed by atoms with E-state index < -0.39 is 0 Å². The first kappa shape index (κ1) is 18.9. The lowest BCUT2D eigenvalue weighted by molar-refractivity contribution is -0.862. The largest absolute Gasteiger partial charge is 1.00 e. The number of hydrogen-bond acceptors (Lipinski definition) is 2. The number of hydrazone groups is 1. The molecule has 3 aromatic rings.